The molecule has 0 unspecified atom stereocenters. The molecule has 1 amide bonds. The number of carbonyl (C=O) groups is 1. The Morgan fingerprint density at radius 1 is 1.26 bits per heavy atom. The highest BCUT2D eigenvalue weighted by molar-refractivity contribution is 9.10. The van der Waals surface area contributed by atoms with Crippen LogP contribution in [0.4, 0.5) is 0 Å². The van der Waals surface area contributed by atoms with Gasteiger partial charge >= 0.3 is 0 Å². The van der Waals surface area contributed by atoms with E-state index >= 15 is 0 Å². The van der Waals surface area contributed by atoms with Gasteiger partial charge in [0.1, 0.15) is 5.75 Å². The van der Waals surface area contributed by atoms with Crippen LogP contribution in [0.15, 0.2) is 52.1 Å². The van der Waals surface area contributed by atoms with Gasteiger partial charge in [-0.3, -0.25) is 9.36 Å². The summed E-state index contributed by atoms with van der Waals surface area (Å²) >= 11 is 11.2. The van der Waals surface area contributed by atoms with Crippen molar-refractivity contribution in [1.82, 2.24) is 14.8 Å². The highest BCUT2D eigenvalue weighted by atomic mass is 79.9. The number of hydrogen-bond acceptors (Lipinski definition) is 5. The fourth-order valence-electron chi connectivity index (χ4n) is 2.42. The SMILES string of the molecule is COc1ccc(-n2c(SCCC(N)=O)nnc2-c2ccc(Br)cc2)cc1Cl. The average molecular weight is 468 g/mol. The highest BCUT2D eigenvalue weighted by Crippen LogP contribution is 2.32. The number of halogens is 2. The molecule has 9 heteroatoms. The van der Waals surface area contributed by atoms with E-state index in [0.29, 0.717) is 27.5 Å². The number of rotatable bonds is 7. The van der Waals surface area contributed by atoms with Crippen LogP contribution in [0.5, 0.6) is 5.75 Å². The number of hydrogen-bond donors (Lipinski definition) is 1. The number of thioether (sulfide) groups is 1. The molecule has 0 radical (unpaired) electrons. The molecule has 0 aliphatic rings. The van der Waals surface area contributed by atoms with E-state index < -0.39 is 0 Å². The highest BCUT2D eigenvalue weighted by Gasteiger charge is 2.17. The second-order valence-electron chi connectivity index (χ2n) is 5.53. The van der Waals surface area contributed by atoms with E-state index in [1.807, 2.05) is 34.9 Å². The maximum absolute atomic E-state index is 11.0. The van der Waals surface area contributed by atoms with Crippen LogP contribution in [0.1, 0.15) is 6.42 Å². The first-order valence-corrected chi connectivity index (χ1v) is 10.1. The predicted molar refractivity (Wildman–Crippen MR) is 111 cm³/mol. The van der Waals surface area contributed by atoms with Crippen molar-refractivity contribution in [3.05, 3.63) is 52.0 Å². The lowest BCUT2D eigenvalue weighted by Gasteiger charge is -2.12. The van der Waals surface area contributed by atoms with E-state index in [1.54, 1.807) is 19.2 Å². The Balaban J connectivity index is 2.06. The monoisotopic (exact) mass is 466 g/mol. The van der Waals surface area contributed by atoms with Crippen molar-refractivity contribution in [3.8, 4) is 22.8 Å². The second-order valence-corrected chi connectivity index (χ2v) is 7.92. The first-order valence-electron chi connectivity index (χ1n) is 7.96. The number of amides is 1. The number of aromatic nitrogens is 3. The summed E-state index contributed by atoms with van der Waals surface area (Å²) in [6.45, 7) is 0. The van der Waals surface area contributed by atoms with E-state index in [4.69, 9.17) is 22.1 Å². The maximum Gasteiger partial charge on any atom is 0.218 e. The Labute approximate surface area is 174 Å². The molecular weight excluding hydrogens is 452 g/mol. The quantitative estimate of drug-likeness (QED) is 0.523. The van der Waals surface area contributed by atoms with Crippen LogP contribution in [0.25, 0.3) is 17.1 Å². The summed E-state index contributed by atoms with van der Waals surface area (Å²) in [5, 5.41) is 9.78. The van der Waals surface area contributed by atoms with Crippen LogP contribution in [-0.2, 0) is 4.79 Å². The van der Waals surface area contributed by atoms with Gasteiger partial charge in [0, 0.05) is 22.2 Å². The van der Waals surface area contributed by atoms with Gasteiger partial charge in [-0.1, -0.05) is 51.4 Å². The summed E-state index contributed by atoms with van der Waals surface area (Å²) in [5.41, 5.74) is 6.94. The molecule has 0 aliphatic carbocycles. The zero-order valence-electron chi connectivity index (χ0n) is 14.4. The lowest BCUT2D eigenvalue weighted by molar-refractivity contribution is -0.117. The molecule has 1 heterocycles. The van der Waals surface area contributed by atoms with Crippen molar-refractivity contribution < 1.29 is 9.53 Å². The predicted octanol–water partition coefficient (Wildman–Crippen LogP) is 4.33. The van der Waals surface area contributed by atoms with Crippen LogP contribution in [0, 0.1) is 0 Å². The van der Waals surface area contributed by atoms with Gasteiger partial charge in [-0.25, -0.2) is 0 Å². The van der Waals surface area contributed by atoms with Gasteiger partial charge in [-0.05, 0) is 30.3 Å². The average Bonchev–Trinajstić information content (AvgIpc) is 3.06. The third-order valence-electron chi connectivity index (χ3n) is 3.71. The van der Waals surface area contributed by atoms with Gasteiger partial charge in [0.25, 0.3) is 0 Å². The number of ether oxygens (including phenoxy) is 1. The van der Waals surface area contributed by atoms with Crippen molar-refractivity contribution in [2.45, 2.75) is 11.6 Å². The van der Waals surface area contributed by atoms with Gasteiger partial charge in [-0.2, -0.15) is 0 Å². The van der Waals surface area contributed by atoms with E-state index in [9.17, 15) is 4.79 Å². The second kappa shape index (κ2) is 8.77. The number of nitrogens with two attached hydrogens (primary N) is 1. The molecule has 3 rings (SSSR count). The topological polar surface area (TPSA) is 83.0 Å². The summed E-state index contributed by atoms with van der Waals surface area (Å²) in [6.07, 6.45) is 0.258. The summed E-state index contributed by atoms with van der Waals surface area (Å²) in [6, 6.07) is 13.3. The molecule has 2 N–H and O–H groups in total. The third kappa shape index (κ3) is 4.63. The summed E-state index contributed by atoms with van der Waals surface area (Å²) in [4.78, 5) is 11.0. The van der Waals surface area contributed by atoms with Gasteiger partial charge in [0.05, 0.1) is 17.8 Å². The van der Waals surface area contributed by atoms with Crippen molar-refractivity contribution in [2.75, 3.05) is 12.9 Å². The zero-order chi connectivity index (χ0) is 19.4. The van der Waals surface area contributed by atoms with Gasteiger partial charge in [0.15, 0.2) is 11.0 Å². The molecule has 6 nitrogen and oxygen atoms in total. The van der Waals surface area contributed by atoms with E-state index in [-0.39, 0.29) is 12.3 Å². The Morgan fingerprint density at radius 3 is 2.63 bits per heavy atom. The number of methoxy groups -OCH3 is 1. The molecule has 0 aliphatic heterocycles. The number of carbonyl (C=O) groups excluding carboxylic acids is 1. The smallest absolute Gasteiger partial charge is 0.218 e. The van der Waals surface area contributed by atoms with Crippen molar-refractivity contribution in [2.24, 2.45) is 5.73 Å². The van der Waals surface area contributed by atoms with Gasteiger partial charge in [0.2, 0.25) is 5.91 Å². The van der Waals surface area contributed by atoms with Crippen molar-refractivity contribution >= 4 is 45.2 Å². The van der Waals surface area contributed by atoms with E-state index in [1.165, 1.54) is 11.8 Å². The van der Waals surface area contributed by atoms with Crippen molar-refractivity contribution in [3.63, 3.8) is 0 Å². The Hall–Kier alpha value is -2.03. The lowest BCUT2D eigenvalue weighted by atomic mass is 10.2. The molecule has 0 spiro atoms. The normalized spacial score (nSPS) is 10.8. The van der Waals surface area contributed by atoms with Crippen LogP contribution < -0.4 is 10.5 Å². The van der Waals surface area contributed by atoms with Crippen molar-refractivity contribution in [1.29, 1.82) is 0 Å². The van der Waals surface area contributed by atoms with Gasteiger partial charge in [-0.15, -0.1) is 10.2 Å². The molecule has 3 aromatic rings. The standard InChI is InChI=1S/C18H16BrClN4O2S/c1-26-15-7-6-13(10-14(15)20)24-17(11-2-4-12(19)5-3-11)22-23-18(24)27-9-8-16(21)25/h2-7,10H,8-9H2,1H3,(H2,21,25). The molecule has 2 aromatic carbocycles. The minimum atomic E-state index is -0.353. The van der Waals surface area contributed by atoms with E-state index in [0.717, 1.165) is 15.7 Å². The molecule has 0 fully saturated rings. The summed E-state index contributed by atoms with van der Waals surface area (Å²) in [5.74, 6) is 1.42. The minimum Gasteiger partial charge on any atom is -0.495 e. The Morgan fingerprint density at radius 2 is 2.00 bits per heavy atom. The number of primary amides is 1. The summed E-state index contributed by atoms with van der Waals surface area (Å²) < 4.78 is 8.11. The molecule has 1 aromatic heterocycles. The zero-order valence-corrected chi connectivity index (χ0v) is 17.5. The molecule has 0 saturated carbocycles. The molecule has 0 saturated heterocycles. The molecule has 140 valence electrons. The fourth-order valence-corrected chi connectivity index (χ4v) is 3.84. The fraction of sp³-hybridized carbons (Fsp3) is 0.167. The molecule has 27 heavy (non-hydrogen) atoms. The minimum absolute atomic E-state index is 0.258. The van der Waals surface area contributed by atoms with E-state index in [2.05, 4.69) is 26.1 Å². The Kier molecular flexibility index (Phi) is 6.41. The third-order valence-corrected chi connectivity index (χ3v) is 5.46. The molecule has 0 atom stereocenters. The maximum atomic E-state index is 11.0. The summed E-state index contributed by atoms with van der Waals surface area (Å²) in [7, 11) is 1.57. The largest absolute Gasteiger partial charge is 0.495 e. The number of benzene rings is 2. The van der Waals surface area contributed by atoms with Crippen LogP contribution in [-0.4, -0.2) is 33.5 Å². The van der Waals surface area contributed by atoms with Crippen LogP contribution >= 0.6 is 39.3 Å². The van der Waals surface area contributed by atoms with Gasteiger partial charge < -0.3 is 10.5 Å². The number of nitrogens with zero attached hydrogens (tertiary/aromatic N) is 3. The Bertz CT molecular complexity index is 962. The molecule has 0 bridgehead atoms. The first-order chi connectivity index (χ1) is 13.0. The van der Waals surface area contributed by atoms with Crippen LogP contribution in [0.3, 0.4) is 0 Å². The molecular formula is C18H16BrClN4O2S. The lowest BCUT2D eigenvalue weighted by Crippen LogP contribution is -2.11. The van der Waals surface area contributed by atoms with Crippen LogP contribution in [0.2, 0.25) is 5.02 Å². The first kappa shape index (κ1) is 19.7.